The molecule has 0 amide bonds. The lowest BCUT2D eigenvalue weighted by Gasteiger charge is -2.04. The maximum absolute atomic E-state index is 5.40. The minimum atomic E-state index is 0.228. The summed E-state index contributed by atoms with van der Waals surface area (Å²) in [6.45, 7) is 0.228. The zero-order valence-corrected chi connectivity index (χ0v) is 10.2. The number of hydrogen-bond donors (Lipinski definition) is 1. The highest BCUT2D eigenvalue weighted by Crippen LogP contribution is 2.31. The second kappa shape index (κ2) is 4.63. The van der Waals surface area contributed by atoms with E-state index >= 15 is 0 Å². The molecule has 0 unspecified atom stereocenters. The van der Waals surface area contributed by atoms with Crippen LogP contribution >= 0.6 is 15.9 Å². The minimum Gasteiger partial charge on any atom is -0.496 e. The van der Waals surface area contributed by atoms with E-state index in [2.05, 4.69) is 26.1 Å². The summed E-state index contributed by atoms with van der Waals surface area (Å²) in [5.74, 6) is 1.48. The van der Waals surface area contributed by atoms with E-state index in [0.29, 0.717) is 17.5 Å². The van der Waals surface area contributed by atoms with Gasteiger partial charge in [0.25, 0.3) is 5.89 Å². The summed E-state index contributed by atoms with van der Waals surface area (Å²) in [4.78, 5) is 0. The van der Waals surface area contributed by atoms with Crippen molar-refractivity contribution >= 4 is 15.9 Å². The van der Waals surface area contributed by atoms with Crippen molar-refractivity contribution in [3.63, 3.8) is 0 Å². The van der Waals surface area contributed by atoms with Crippen LogP contribution in [0.5, 0.6) is 5.75 Å². The summed E-state index contributed by atoms with van der Waals surface area (Å²) in [5, 5.41) is 7.70. The van der Waals surface area contributed by atoms with Crippen LogP contribution in [-0.2, 0) is 6.54 Å². The standard InChI is InChI=1S/C10H10BrN3O2/c1-15-8-4-6(11)2-3-7(8)10-14-13-9(5-12)16-10/h2-4H,5,12H2,1H3. The molecule has 0 aliphatic rings. The monoisotopic (exact) mass is 283 g/mol. The summed E-state index contributed by atoms with van der Waals surface area (Å²) in [7, 11) is 1.59. The number of hydrogen-bond acceptors (Lipinski definition) is 5. The second-order valence-corrected chi connectivity index (χ2v) is 3.97. The van der Waals surface area contributed by atoms with Gasteiger partial charge in [0.05, 0.1) is 19.2 Å². The Kier molecular flexibility index (Phi) is 3.21. The predicted molar refractivity (Wildman–Crippen MR) is 61.9 cm³/mol. The molecule has 1 aromatic carbocycles. The van der Waals surface area contributed by atoms with Crippen LogP contribution in [0.1, 0.15) is 5.89 Å². The summed E-state index contributed by atoms with van der Waals surface area (Å²) in [6, 6.07) is 5.56. The van der Waals surface area contributed by atoms with Crippen LogP contribution in [-0.4, -0.2) is 17.3 Å². The van der Waals surface area contributed by atoms with Gasteiger partial charge in [-0.1, -0.05) is 15.9 Å². The van der Waals surface area contributed by atoms with Crippen LogP contribution < -0.4 is 10.5 Å². The van der Waals surface area contributed by atoms with E-state index in [4.69, 9.17) is 14.9 Å². The van der Waals surface area contributed by atoms with Crippen molar-refractivity contribution < 1.29 is 9.15 Å². The van der Waals surface area contributed by atoms with Gasteiger partial charge in [-0.3, -0.25) is 0 Å². The van der Waals surface area contributed by atoms with E-state index in [1.165, 1.54) is 0 Å². The van der Waals surface area contributed by atoms with Crippen LogP contribution in [0.4, 0.5) is 0 Å². The van der Waals surface area contributed by atoms with Gasteiger partial charge in [0.15, 0.2) is 0 Å². The molecule has 0 atom stereocenters. The fourth-order valence-electron chi connectivity index (χ4n) is 1.29. The number of methoxy groups -OCH3 is 1. The third kappa shape index (κ3) is 2.07. The van der Waals surface area contributed by atoms with Crippen LogP contribution in [0, 0.1) is 0 Å². The highest BCUT2D eigenvalue weighted by Gasteiger charge is 2.12. The van der Waals surface area contributed by atoms with Crippen LogP contribution in [0.15, 0.2) is 27.1 Å². The van der Waals surface area contributed by atoms with E-state index < -0.39 is 0 Å². The molecule has 0 saturated heterocycles. The molecule has 16 heavy (non-hydrogen) atoms. The molecule has 1 aromatic heterocycles. The summed E-state index contributed by atoms with van der Waals surface area (Å²) < 4.78 is 11.5. The molecule has 84 valence electrons. The Morgan fingerprint density at radius 3 is 2.88 bits per heavy atom. The van der Waals surface area contributed by atoms with Gasteiger partial charge in [-0.15, -0.1) is 10.2 Å². The number of ether oxygens (including phenoxy) is 1. The van der Waals surface area contributed by atoms with Gasteiger partial charge < -0.3 is 14.9 Å². The Hall–Kier alpha value is -1.40. The van der Waals surface area contributed by atoms with Gasteiger partial charge in [-0.2, -0.15) is 0 Å². The topological polar surface area (TPSA) is 74.2 Å². The van der Waals surface area contributed by atoms with E-state index in [1.807, 2.05) is 18.2 Å². The zero-order chi connectivity index (χ0) is 11.5. The molecule has 0 aliphatic heterocycles. The maximum Gasteiger partial charge on any atom is 0.251 e. The highest BCUT2D eigenvalue weighted by molar-refractivity contribution is 9.10. The maximum atomic E-state index is 5.40. The predicted octanol–water partition coefficient (Wildman–Crippen LogP) is 1.97. The Bertz CT molecular complexity index is 499. The quantitative estimate of drug-likeness (QED) is 0.932. The normalized spacial score (nSPS) is 10.4. The van der Waals surface area contributed by atoms with Crippen molar-refractivity contribution in [3.05, 3.63) is 28.6 Å². The van der Waals surface area contributed by atoms with Crippen molar-refractivity contribution in [2.75, 3.05) is 7.11 Å². The Balaban J connectivity index is 2.46. The molecule has 2 aromatic rings. The Labute approximate surface area is 101 Å². The average Bonchev–Trinajstić information content (AvgIpc) is 2.77. The number of benzene rings is 1. The number of nitrogens with two attached hydrogens (primary N) is 1. The summed E-state index contributed by atoms with van der Waals surface area (Å²) >= 11 is 3.36. The van der Waals surface area contributed by atoms with Gasteiger partial charge >= 0.3 is 0 Å². The average molecular weight is 284 g/mol. The molecule has 0 radical (unpaired) electrons. The SMILES string of the molecule is COc1cc(Br)ccc1-c1nnc(CN)o1. The van der Waals surface area contributed by atoms with Crippen molar-refractivity contribution in [1.82, 2.24) is 10.2 Å². The zero-order valence-electron chi connectivity index (χ0n) is 8.61. The number of halogens is 1. The molecule has 0 aliphatic carbocycles. The van der Waals surface area contributed by atoms with Gasteiger partial charge in [0.1, 0.15) is 5.75 Å². The number of aromatic nitrogens is 2. The first-order chi connectivity index (χ1) is 7.74. The van der Waals surface area contributed by atoms with E-state index in [9.17, 15) is 0 Å². The van der Waals surface area contributed by atoms with Crippen molar-refractivity contribution in [2.24, 2.45) is 5.73 Å². The molecule has 2 N–H and O–H groups in total. The first-order valence-corrected chi connectivity index (χ1v) is 5.40. The molecule has 1 heterocycles. The van der Waals surface area contributed by atoms with Crippen LogP contribution in [0.25, 0.3) is 11.5 Å². The summed E-state index contributed by atoms with van der Waals surface area (Å²) in [5.41, 5.74) is 6.15. The Morgan fingerprint density at radius 2 is 2.25 bits per heavy atom. The van der Waals surface area contributed by atoms with Crippen molar-refractivity contribution in [1.29, 1.82) is 0 Å². The fourth-order valence-corrected chi connectivity index (χ4v) is 1.63. The number of rotatable bonds is 3. The van der Waals surface area contributed by atoms with E-state index in [1.54, 1.807) is 7.11 Å². The third-order valence-corrected chi connectivity index (χ3v) is 2.53. The minimum absolute atomic E-state index is 0.228. The highest BCUT2D eigenvalue weighted by atomic mass is 79.9. The first kappa shape index (κ1) is 11.1. The molecule has 5 nitrogen and oxygen atoms in total. The fraction of sp³-hybridized carbons (Fsp3) is 0.200. The molecular formula is C10H10BrN3O2. The van der Waals surface area contributed by atoms with Gasteiger partial charge in [-0.05, 0) is 18.2 Å². The van der Waals surface area contributed by atoms with Gasteiger partial charge in [0.2, 0.25) is 5.89 Å². The largest absolute Gasteiger partial charge is 0.496 e. The van der Waals surface area contributed by atoms with Gasteiger partial charge in [0, 0.05) is 4.47 Å². The van der Waals surface area contributed by atoms with Crippen LogP contribution in [0.3, 0.4) is 0 Å². The lowest BCUT2D eigenvalue weighted by molar-refractivity contribution is 0.413. The van der Waals surface area contributed by atoms with E-state index in [-0.39, 0.29) is 6.54 Å². The summed E-state index contributed by atoms with van der Waals surface area (Å²) in [6.07, 6.45) is 0. The molecule has 0 saturated carbocycles. The van der Waals surface area contributed by atoms with Crippen molar-refractivity contribution in [3.8, 4) is 17.2 Å². The lowest BCUT2D eigenvalue weighted by atomic mass is 10.2. The third-order valence-electron chi connectivity index (χ3n) is 2.04. The molecule has 0 fully saturated rings. The molecule has 0 bridgehead atoms. The Morgan fingerprint density at radius 1 is 1.44 bits per heavy atom. The lowest BCUT2D eigenvalue weighted by Crippen LogP contribution is -1.95. The molecule has 2 rings (SSSR count). The molecular weight excluding hydrogens is 274 g/mol. The van der Waals surface area contributed by atoms with E-state index in [0.717, 1.165) is 10.0 Å². The van der Waals surface area contributed by atoms with Crippen molar-refractivity contribution in [2.45, 2.75) is 6.54 Å². The second-order valence-electron chi connectivity index (χ2n) is 3.05. The van der Waals surface area contributed by atoms with Crippen LogP contribution in [0.2, 0.25) is 0 Å². The first-order valence-electron chi connectivity index (χ1n) is 4.61. The molecule has 6 heteroatoms. The smallest absolute Gasteiger partial charge is 0.251 e. The number of nitrogens with zero attached hydrogens (tertiary/aromatic N) is 2. The van der Waals surface area contributed by atoms with Gasteiger partial charge in [-0.25, -0.2) is 0 Å². The molecule has 0 spiro atoms.